The molecule has 0 bridgehead atoms. The normalized spacial score (nSPS) is 13.6. The summed E-state index contributed by atoms with van der Waals surface area (Å²) in [5, 5.41) is 3.17. The molecule has 0 saturated heterocycles. The summed E-state index contributed by atoms with van der Waals surface area (Å²) in [5.74, 6) is -0.799. The van der Waals surface area contributed by atoms with E-state index in [9.17, 15) is 13.8 Å². The van der Waals surface area contributed by atoms with Crippen molar-refractivity contribution in [1.29, 1.82) is 0 Å². The zero-order valence-corrected chi connectivity index (χ0v) is 16.1. The van der Waals surface area contributed by atoms with E-state index >= 15 is 0 Å². The molecule has 142 valence electrons. The Morgan fingerprint density at radius 2 is 1.50 bits per heavy atom. The van der Waals surface area contributed by atoms with E-state index in [0.717, 1.165) is 0 Å². The molecule has 0 saturated carbocycles. The van der Waals surface area contributed by atoms with Crippen molar-refractivity contribution in [3.05, 3.63) is 107 Å². The van der Waals surface area contributed by atoms with Crippen LogP contribution in [0.25, 0.3) is 6.08 Å². The van der Waals surface area contributed by atoms with Gasteiger partial charge >= 0.3 is 0 Å². The molecule has 6 heteroatoms. The smallest absolute Gasteiger partial charge is 0.276 e. The number of hydrogen-bond acceptors (Lipinski definition) is 3. The van der Waals surface area contributed by atoms with Crippen molar-refractivity contribution in [3.63, 3.8) is 0 Å². The van der Waals surface area contributed by atoms with Gasteiger partial charge in [-0.3, -0.25) is 9.36 Å². The number of amides is 1. The molecule has 0 heterocycles. The lowest BCUT2D eigenvalue weighted by Gasteiger charge is -2.21. The minimum absolute atomic E-state index is 0.113. The summed E-state index contributed by atoms with van der Waals surface area (Å²) < 4.78 is 32.4. The lowest BCUT2D eigenvalue weighted by atomic mass is 10.2. The first-order chi connectivity index (χ1) is 13.5. The third-order valence-electron chi connectivity index (χ3n) is 4.12. The van der Waals surface area contributed by atoms with Crippen LogP contribution < -0.4 is 10.6 Å². The molecule has 1 unspecified atom stereocenters. The fourth-order valence-corrected chi connectivity index (χ4v) is 4.47. The van der Waals surface area contributed by atoms with Gasteiger partial charge in [0.15, 0.2) is 0 Å². The molecule has 3 aromatic rings. The molecule has 0 aliphatic heterocycles. The standard InChI is InChI=1S/C22H19FNO3P/c1-27-28(26,20-10-6-3-7-11-20)21(16-17-12-14-19(23)15-13-17)24-22(25)18-8-4-2-5-9-18/h2-16H,1H3,(H,24,25)/b21-16+. The summed E-state index contributed by atoms with van der Waals surface area (Å²) in [7, 11) is -2.24. The Labute approximate surface area is 163 Å². The van der Waals surface area contributed by atoms with E-state index in [-0.39, 0.29) is 11.3 Å². The quantitative estimate of drug-likeness (QED) is 0.610. The van der Waals surface area contributed by atoms with Crippen molar-refractivity contribution in [2.45, 2.75) is 0 Å². The highest BCUT2D eigenvalue weighted by atomic mass is 31.2. The minimum Gasteiger partial charge on any atom is -0.324 e. The molecule has 0 aromatic heterocycles. The molecule has 1 atom stereocenters. The van der Waals surface area contributed by atoms with Gasteiger partial charge in [-0.05, 0) is 48.0 Å². The van der Waals surface area contributed by atoms with Crippen LogP contribution in [0.4, 0.5) is 4.39 Å². The van der Waals surface area contributed by atoms with Crippen molar-refractivity contribution in [2.75, 3.05) is 7.11 Å². The van der Waals surface area contributed by atoms with Crippen molar-refractivity contribution < 1.29 is 18.3 Å². The van der Waals surface area contributed by atoms with E-state index in [1.807, 2.05) is 0 Å². The van der Waals surface area contributed by atoms with Gasteiger partial charge in [0.1, 0.15) is 11.3 Å². The van der Waals surface area contributed by atoms with Crippen LogP contribution in [0, 0.1) is 5.82 Å². The first kappa shape index (κ1) is 19.7. The molecular weight excluding hydrogens is 376 g/mol. The molecule has 3 aromatic carbocycles. The largest absolute Gasteiger partial charge is 0.324 e. The van der Waals surface area contributed by atoms with Crippen LogP contribution in [0.1, 0.15) is 15.9 Å². The van der Waals surface area contributed by atoms with E-state index < -0.39 is 13.3 Å². The zero-order valence-electron chi connectivity index (χ0n) is 15.2. The highest BCUT2D eigenvalue weighted by Crippen LogP contribution is 2.52. The molecule has 0 spiro atoms. The van der Waals surface area contributed by atoms with Crippen molar-refractivity contribution in [1.82, 2.24) is 5.32 Å². The van der Waals surface area contributed by atoms with Crippen LogP contribution in [0.2, 0.25) is 0 Å². The topological polar surface area (TPSA) is 55.4 Å². The number of carbonyl (C=O) groups excluding carboxylic acids is 1. The van der Waals surface area contributed by atoms with Gasteiger partial charge in [-0.15, -0.1) is 0 Å². The minimum atomic E-state index is -3.58. The number of benzene rings is 3. The Morgan fingerprint density at radius 1 is 0.929 bits per heavy atom. The van der Waals surface area contributed by atoms with E-state index in [0.29, 0.717) is 16.4 Å². The SMILES string of the molecule is COP(=O)(/C(=C/c1ccc(F)cc1)NC(=O)c1ccccc1)c1ccccc1. The second kappa shape index (κ2) is 8.79. The number of nitrogens with one attached hydrogen (secondary N) is 1. The van der Waals surface area contributed by atoms with Crippen LogP contribution in [0.5, 0.6) is 0 Å². The highest BCUT2D eigenvalue weighted by Gasteiger charge is 2.31. The predicted octanol–water partition coefficient (Wildman–Crippen LogP) is 4.80. The number of halogens is 1. The Hall–Kier alpha value is -3.01. The monoisotopic (exact) mass is 395 g/mol. The van der Waals surface area contributed by atoms with Gasteiger partial charge in [0.05, 0.1) is 0 Å². The van der Waals surface area contributed by atoms with Gasteiger partial charge in [0.2, 0.25) is 0 Å². The van der Waals surface area contributed by atoms with Gasteiger partial charge in [-0.2, -0.15) is 0 Å². The van der Waals surface area contributed by atoms with Crippen LogP contribution in [-0.4, -0.2) is 13.0 Å². The van der Waals surface area contributed by atoms with Gasteiger partial charge in [0.25, 0.3) is 13.3 Å². The predicted molar refractivity (Wildman–Crippen MR) is 109 cm³/mol. The summed E-state index contributed by atoms with van der Waals surface area (Å²) in [6, 6.07) is 22.9. The average Bonchev–Trinajstić information content (AvgIpc) is 2.75. The summed E-state index contributed by atoms with van der Waals surface area (Å²) in [6.45, 7) is 0. The summed E-state index contributed by atoms with van der Waals surface area (Å²) in [5.41, 5.74) is 1.11. The first-order valence-electron chi connectivity index (χ1n) is 8.58. The van der Waals surface area contributed by atoms with Crippen LogP contribution in [0.3, 0.4) is 0 Å². The molecule has 1 amide bonds. The maximum Gasteiger partial charge on any atom is 0.276 e. The zero-order chi connectivity index (χ0) is 20.0. The van der Waals surface area contributed by atoms with Crippen LogP contribution >= 0.6 is 7.37 Å². The Kier molecular flexibility index (Phi) is 6.19. The van der Waals surface area contributed by atoms with Crippen LogP contribution in [0.15, 0.2) is 90.4 Å². The van der Waals surface area contributed by atoms with E-state index in [1.54, 1.807) is 60.7 Å². The van der Waals surface area contributed by atoms with Gasteiger partial charge in [0, 0.05) is 18.0 Å². The molecular formula is C22H19FNO3P. The third kappa shape index (κ3) is 4.45. The molecule has 28 heavy (non-hydrogen) atoms. The maximum absolute atomic E-state index is 13.7. The molecule has 0 aliphatic rings. The third-order valence-corrected chi connectivity index (χ3v) is 6.49. The lowest BCUT2D eigenvalue weighted by Crippen LogP contribution is -2.25. The second-order valence-corrected chi connectivity index (χ2v) is 8.44. The van der Waals surface area contributed by atoms with Gasteiger partial charge < -0.3 is 9.84 Å². The number of hydrogen-bond donors (Lipinski definition) is 1. The molecule has 0 radical (unpaired) electrons. The fraction of sp³-hybridized carbons (Fsp3) is 0.0455. The second-order valence-electron chi connectivity index (χ2n) is 5.97. The number of rotatable bonds is 6. The Morgan fingerprint density at radius 3 is 2.07 bits per heavy atom. The summed E-state index contributed by atoms with van der Waals surface area (Å²) in [4.78, 5) is 12.7. The molecule has 3 rings (SSSR count). The molecule has 4 nitrogen and oxygen atoms in total. The molecule has 0 aliphatic carbocycles. The fourth-order valence-electron chi connectivity index (χ4n) is 2.66. The van der Waals surface area contributed by atoms with E-state index in [4.69, 9.17) is 4.52 Å². The van der Waals surface area contributed by atoms with E-state index in [1.165, 1.54) is 37.5 Å². The van der Waals surface area contributed by atoms with Crippen LogP contribution in [-0.2, 0) is 9.09 Å². The van der Waals surface area contributed by atoms with Gasteiger partial charge in [-0.25, -0.2) is 4.39 Å². The molecule has 0 fully saturated rings. The van der Waals surface area contributed by atoms with Crippen molar-refractivity contribution >= 4 is 24.7 Å². The first-order valence-corrected chi connectivity index (χ1v) is 10.2. The average molecular weight is 395 g/mol. The highest BCUT2D eigenvalue weighted by molar-refractivity contribution is 7.71. The van der Waals surface area contributed by atoms with E-state index in [2.05, 4.69) is 5.32 Å². The van der Waals surface area contributed by atoms with Gasteiger partial charge in [-0.1, -0.05) is 48.5 Å². The van der Waals surface area contributed by atoms with Crippen molar-refractivity contribution in [2.24, 2.45) is 0 Å². The lowest BCUT2D eigenvalue weighted by molar-refractivity contribution is 0.0968. The Bertz CT molecular complexity index is 1020. The summed E-state index contributed by atoms with van der Waals surface area (Å²) in [6.07, 6.45) is 1.54. The Balaban J connectivity index is 2.07. The summed E-state index contributed by atoms with van der Waals surface area (Å²) >= 11 is 0. The number of carbonyl (C=O) groups is 1. The van der Waals surface area contributed by atoms with Crippen molar-refractivity contribution in [3.8, 4) is 0 Å². The molecule has 1 N–H and O–H groups in total. The maximum atomic E-state index is 13.7.